The van der Waals surface area contributed by atoms with Crippen molar-refractivity contribution in [2.45, 2.75) is 45.1 Å². The fraction of sp³-hybridized carbons (Fsp3) is 0.500. The number of nitrogens with two attached hydrogens (primary N) is 1. The Kier molecular flexibility index (Phi) is 3.76. The van der Waals surface area contributed by atoms with Gasteiger partial charge < -0.3 is 10.5 Å². The highest BCUT2D eigenvalue weighted by Crippen LogP contribution is 2.37. The van der Waals surface area contributed by atoms with E-state index in [0.29, 0.717) is 0 Å². The third-order valence-corrected chi connectivity index (χ3v) is 3.66. The summed E-state index contributed by atoms with van der Waals surface area (Å²) in [7, 11) is 1.71. The maximum Gasteiger partial charge on any atom is 0.119 e. The van der Waals surface area contributed by atoms with E-state index in [0.717, 1.165) is 18.6 Å². The van der Waals surface area contributed by atoms with E-state index in [9.17, 15) is 0 Å². The van der Waals surface area contributed by atoms with Gasteiger partial charge in [0.2, 0.25) is 0 Å². The molecular formula is C16H23NO. The monoisotopic (exact) mass is 245 g/mol. The van der Waals surface area contributed by atoms with E-state index in [1.165, 1.54) is 29.6 Å². The van der Waals surface area contributed by atoms with Crippen LogP contribution < -0.4 is 10.5 Å². The van der Waals surface area contributed by atoms with Gasteiger partial charge in [-0.2, -0.15) is 0 Å². The molecule has 0 unspecified atom stereocenters. The Morgan fingerprint density at radius 2 is 1.89 bits per heavy atom. The number of hydrogen-bond donors (Lipinski definition) is 1. The van der Waals surface area contributed by atoms with E-state index in [1.807, 2.05) is 6.07 Å². The molecule has 2 heteroatoms. The Balaban J connectivity index is 2.47. The number of ether oxygens (including phenoxy) is 1. The molecule has 0 aromatic heterocycles. The average molecular weight is 245 g/mol. The minimum absolute atomic E-state index is 0.223. The predicted molar refractivity (Wildman–Crippen MR) is 76.6 cm³/mol. The second-order valence-electron chi connectivity index (χ2n) is 5.62. The van der Waals surface area contributed by atoms with Crippen LogP contribution in [-0.4, -0.2) is 12.6 Å². The molecule has 2 rings (SSSR count). The van der Waals surface area contributed by atoms with Gasteiger partial charge in [-0.1, -0.05) is 12.1 Å². The van der Waals surface area contributed by atoms with Gasteiger partial charge in [0.25, 0.3) is 0 Å². The summed E-state index contributed by atoms with van der Waals surface area (Å²) in [6, 6.07) is 8.32. The Morgan fingerprint density at radius 3 is 2.56 bits per heavy atom. The molecule has 1 aromatic carbocycles. The molecule has 0 atom stereocenters. The molecule has 1 aliphatic carbocycles. The van der Waals surface area contributed by atoms with Crippen molar-refractivity contribution in [3.05, 3.63) is 35.4 Å². The van der Waals surface area contributed by atoms with Crippen LogP contribution in [0.1, 0.15) is 45.1 Å². The van der Waals surface area contributed by atoms with Crippen molar-refractivity contribution in [3.8, 4) is 5.75 Å². The number of methoxy groups -OCH3 is 1. The summed E-state index contributed by atoms with van der Waals surface area (Å²) in [5.41, 5.74) is 10.2. The Labute approximate surface area is 110 Å². The van der Waals surface area contributed by atoms with Crippen molar-refractivity contribution < 1.29 is 4.74 Å². The Hall–Kier alpha value is -1.28. The summed E-state index contributed by atoms with van der Waals surface area (Å²) in [5, 5.41) is 0. The summed E-state index contributed by atoms with van der Waals surface area (Å²) in [6.45, 7) is 4.21. The molecule has 2 N–H and O–H groups in total. The largest absolute Gasteiger partial charge is 0.497 e. The van der Waals surface area contributed by atoms with Crippen molar-refractivity contribution in [1.82, 2.24) is 0 Å². The van der Waals surface area contributed by atoms with Gasteiger partial charge in [0.05, 0.1) is 7.11 Å². The number of rotatable bonds is 3. The fourth-order valence-corrected chi connectivity index (χ4v) is 2.75. The second kappa shape index (κ2) is 5.15. The van der Waals surface area contributed by atoms with Crippen LogP contribution in [-0.2, 0) is 0 Å². The van der Waals surface area contributed by atoms with E-state index >= 15 is 0 Å². The molecule has 1 aliphatic rings. The van der Waals surface area contributed by atoms with E-state index in [2.05, 4.69) is 32.0 Å². The molecule has 0 fully saturated rings. The van der Waals surface area contributed by atoms with Crippen LogP contribution >= 0.6 is 0 Å². The molecule has 0 spiro atoms. The minimum Gasteiger partial charge on any atom is -0.497 e. The molecule has 0 aliphatic heterocycles. The third kappa shape index (κ3) is 2.75. The highest BCUT2D eigenvalue weighted by atomic mass is 16.5. The summed E-state index contributed by atoms with van der Waals surface area (Å²) in [6.07, 6.45) is 4.76. The van der Waals surface area contributed by atoms with Gasteiger partial charge in [0.15, 0.2) is 0 Å². The second-order valence-corrected chi connectivity index (χ2v) is 5.62. The van der Waals surface area contributed by atoms with Gasteiger partial charge >= 0.3 is 0 Å². The maximum atomic E-state index is 6.32. The highest BCUT2D eigenvalue weighted by Gasteiger charge is 2.24. The molecule has 0 saturated carbocycles. The van der Waals surface area contributed by atoms with Crippen LogP contribution in [0.2, 0.25) is 0 Å². The molecule has 1 aromatic rings. The molecule has 98 valence electrons. The summed E-state index contributed by atoms with van der Waals surface area (Å²) in [4.78, 5) is 0. The van der Waals surface area contributed by atoms with Gasteiger partial charge in [-0.25, -0.2) is 0 Å². The summed E-state index contributed by atoms with van der Waals surface area (Å²) in [5.74, 6) is 0.916. The van der Waals surface area contributed by atoms with Gasteiger partial charge in [0.1, 0.15) is 5.75 Å². The zero-order valence-corrected chi connectivity index (χ0v) is 11.6. The van der Waals surface area contributed by atoms with Gasteiger partial charge in [-0.15, -0.1) is 0 Å². The van der Waals surface area contributed by atoms with Crippen LogP contribution in [0.4, 0.5) is 0 Å². The fourth-order valence-electron chi connectivity index (χ4n) is 2.75. The van der Waals surface area contributed by atoms with Crippen molar-refractivity contribution in [1.29, 1.82) is 0 Å². The highest BCUT2D eigenvalue weighted by molar-refractivity contribution is 5.72. The van der Waals surface area contributed by atoms with Crippen LogP contribution in [0.25, 0.3) is 5.57 Å². The van der Waals surface area contributed by atoms with E-state index in [4.69, 9.17) is 10.5 Å². The Bertz CT molecular complexity index is 454. The van der Waals surface area contributed by atoms with Crippen LogP contribution in [0.3, 0.4) is 0 Å². The van der Waals surface area contributed by atoms with Crippen LogP contribution in [0.15, 0.2) is 29.8 Å². The van der Waals surface area contributed by atoms with E-state index in [-0.39, 0.29) is 5.54 Å². The maximum absolute atomic E-state index is 6.32. The van der Waals surface area contributed by atoms with E-state index in [1.54, 1.807) is 7.11 Å². The summed E-state index contributed by atoms with van der Waals surface area (Å²) >= 11 is 0. The van der Waals surface area contributed by atoms with Crippen molar-refractivity contribution >= 4 is 5.57 Å². The first-order chi connectivity index (χ1) is 8.52. The van der Waals surface area contributed by atoms with Gasteiger partial charge in [-0.3, -0.25) is 0 Å². The lowest BCUT2D eigenvalue weighted by molar-refractivity contribution is 0.414. The zero-order valence-electron chi connectivity index (χ0n) is 11.6. The first kappa shape index (κ1) is 13.2. The Morgan fingerprint density at radius 1 is 1.17 bits per heavy atom. The van der Waals surface area contributed by atoms with Crippen molar-refractivity contribution in [3.63, 3.8) is 0 Å². The van der Waals surface area contributed by atoms with Gasteiger partial charge in [-0.05, 0) is 68.4 Å². The normalized spacial score (nSPS) is 16.9. The summed E-state index contributed by atoms with van der Waals surface area (Å²) < 4.78 is 5.31. The quantitative estimate of drug-likeness (QED) is 0.880. The third-order valence-electron chi connectivity index (χ3n) is 3.66. The average Bonchev–Trinajstić information content (AvgIpc) is 2.38. The smallest absolute Gasteiger partial charge is 0.119 e. The molecular weight excluding hydrogens is 222 g/mol. The molecule has 0 bridgehead atoms. The van der Waals surface area contributed by atoms with Crippen LogP contribution in [0, 0.1) is 0 Å². The van der Waals surface area contributed by atoms with Crippen molar-refractivity contribution in [2.24, 2.45) is 5.73 Å². The number of hydrogen-bond acceptors (Lipinski definition) is 2. The molecule has 0 amide bonds. The molecule has 0 saturated heterocycles. The lowest BCUT2D eigenvalue weighted by Gasteiger charge is -2.30. The number of benzene rings is 1. The molecule has 0 radical (unpaired) electrons. The molecule has 0 heterocycles. The first-order valence-corrected chi connectivity index (χ1v) is 6.68. The van der Waals surface area contributed by atoms with E-state index < -0.39 is 0 Å². The number of allylic oxidation sites excluding steroid dienone is 1. The minimum atomic E-state index is -0.223. The lowest BCUT2D eigenvalue weighted by Crippen LogP contribution is -2.36. The standard InChI is InChI=1S/C16H23NO/c1-16(2,17)15-10-5-4-9-14(15)12-7-6-8-13(11-12)18-3/h6-8,11H,4-5,9-10,17H2,1-3H3. The zero-order chi connectivity index (χ0) is 13.2. The van der Waals surface area contributed by atoms with Crippen molar-refractivity contribution in [2.75, 3.05) is 7.11 Å². The topological polar surface area (TPSA) is 35.2 Å². The lowest BCUT2D eigenvalue weighted by atomic mass is 9.79. The molecule has 2 nitrogen and oxygen atoms in total. The van der Waals surface area contributed by atoms with Crippen LogP contribution in [0.5, 0.6) is 5.75 Å². The SMILES string of the molecule is COc1cccc(C2=C(C(C)(C)N)CCCC2)c1. The first-order valence-electron chi connectivity index (χ1n) is 6.68. The molecule has 18 heavy (non-hydrogen) atoms. The predicted octanol–water partition coefficient (Wildman–Crippen LogP) is 3.76. The van der Waals surface area contributed by atoms with Gasteiger partial charge in [0, 0.05) is 5.54 Å².